The first-order chi connectivity index (χ1) is 10.2. The molecule has 0 atom stereocenters. The zero-order valence-corrected chi connectivity index (χ0v) is 12.0. The van der Waals surface area contributed by atoms with Crippen LogP contribution in [0.3, 0.4) is 0 Å². The number of aromatic amines is 1. The number of H-pyrrole nitrogens is 1. The van der Waals surface area contributed by atoms with Gasteiger partial charge in [-0.05, 0) is 25.3 Å². The molecule has 2 aromatic heterocycles. The van der Waals surface area contributed by atoms with Crippen LogP contribution in [0.1, 0.15) is 41.1 Å². The lowest BCUT2D eigenvalue weighted by molar-refractivity contribution is 0.838. The molecule has 0 aliphatic heterocycles. The lowest BCUT2D eigenvalue weighted by Gasteiger charge is -2.08. The van der Waals surface area contributed by atoms with Gasteiger partial charge in [-0.25, -0.2) is 9.50 Å². The van der Waals surface area contributed by atoms with Crippen molar-refractivity contribution in [2.24, 2.45) is 0 Å². The number of hydrogen-bond acceptors (Lipinski definition) is 2. The van der Waals surface area contributed by atoms with Gasteiger partial charge in [-0.15, -0.1) is 0 Å². The maximum absolute atomic E-state index is 12.7. The second-order valence-electron chi connectivity index (χ2n) is 5.87. The molecule has 0 radical (unpaired) electrons. The van der Waals surface area contributed by atoms with E-state index in [1.54, 1.807) is 6.20 Å². The van der Waals surface area contributed by atoms with Gasteiger partial charge >= 0.3 is 0 Å². The summed E-state index contributed by atoms with van der Waals surface area (Å²) in [5.41, 5.74) is 4.98. The van der Waals surface area contributed by atoms with Crippen LogP contribution in [-0.2, 0) is 6.42 Å². The van der Waals surface area contributed by atoms with Gasteiger partial charge in [-0.2, -0.15) is 0 Å². The third kappa shape index (κ3) is 2.17. The molecule has 1 aliphatic rings. The summed E-state index contributed by atoms with van der Waals surface area (Å²) in [6.07, 6.45) is 4.71. The molecule has 0 saturated heterocycles. The molecule has 0 spiro atoms. The summed E-state index contributed by atoms with van der Waals surface area (Å²) in [5.74, 6) is 0.470. The first-order valence-electron chi connectivity index (χ1n) is 7.37. The Kier molecular flexibility index (Phi) is 2.70. The molecule has 0 bridgehead atoms. The van der Waals surface area contributed by atoms with Gasteiger partial charge < -0.3 is 0 Å². The number of rotatable bonds is 3. The highest BCUT2D eigenvalue weighted by Crippen LogP contribution is 2.40. The fourth-order valence-corrected chi connectivity index (χ4v) is 2.78. The Morgan fingerprint density at radius 2 is 2.00 bits per heavy atom. The molecule has 1 fully saturated rings. The van der Waals surface area contributed by atoms with E-state index in [0.29, 0.717) is 12.3 Å². The largest absolute Gasteiger partial charge is 0.297 e. The highest BCUT2D eigenvalue weighted by Gasteiger charge is 2.29. The molecule has 1 saturated carbocycles. The Morgan fingerprint density at radius 3 is 2.71 bits per heavy atom. The predicted molar refractivity (Wildman–Crippen MR) is 81.8 cm³/mol. The van der Waals surface area contributed by atoms with Crippen molar-refractivity contribution in [2.45, 2.75) is 32.1 Å². The van der Waals surface area contributed by atoms with Gasteiger partial charge in [0, 0.05) is 30.2 Å². The minimum atomic E-state index is 0.0347. The molecule has 4 heteroatoms. The molecule has 21 heavy (non-hydrogen) atoms. The average molecular weight is 279 g/mol. The lowest BCUT2D eigenvalue weighted by atomic mass is 10.0. The van der Waals surface area contributed by atoms with Crippen molar-refractivity contribution >= 4 is 5.65 Å². The molecule has 2 heterocycles. The van der Waals surface area contributed by atoms with Crippen LogP contribution in [-0.4, -0.2) is 14.6 Å². The molecule has 1 aliphatic carbocycles. The van der Waals surface area contributed by atoms with Gasteiger partial charge in [0.15, 0.2) is 5.65 Å². The number of aromatic nitrogens is 3. The fraction of sp³-hybridized carbons (Fsp3) is 0.294. The van der Waals surface area contributed by atoms with E-state index in [1.807, 2.05) is 6.07 Å². The SMILES string of the molecule is Cc1ccc(Cc2c(C3CC3)nc3cc[nH]n3c2=O)cc1. The molecule has 0 unspecified atom stereocenters. The topological polar surface area (TPSA) is 50.2 Å². The molecular weight excluding hydrogens is 262 g/mol. The van der Waals surface area contributed by atoms with Crippen molar-refractivity contribution in [3.05, 3.63) is 69.3 Å². The molecule has 1 N–H and O–H groups in total. The van der Waals surface area contributed by atoms with E-state index in [2.05, 4.69) is 36.3 Å². The Hall–Kier alpha value is -2.36. The van der Waals surface area contributed by atoms with Gasteiger partial charge in [-0.1, -0.05) is 29.8 Å². The molecule has 1 aromatic carbocycles. The number of hydrogen-bond donors (Lipinski definition) is 1. The summed E-state index contributed by atoms with van der Waals surface area (Å²) < 4.78 is 1.54. The predicted octanol–water partition coefficient (Wildman–Crippen LogP) is 2.80. The first-order valence-corrected chi connectivity index (χ1v) is 7.37. The van der Waals surface area contributed by atoms with Crippen molar-refractivity contribution < 1.29 is 0 Å². The van der Waals surface area contributed by atoms with Gasteiger partial charge in [0.1, 0.15) is 0 Å². The van der Waals surface area contributed by atoms with Crippen LogP contribution < -0.4 is 5.56 Å². The van der Waals surface area contributed by atoms with Crippen LogP contribution in [0.15, 0.2) is 41.3 Å². The number of nitrogens with one attached hydrogen (secondary N) is 1. The van der Waals surface area contributed by atoms with Gasteiger partial charge in [0.05, 0.1) is 5.69 Å². The summed E-state index contributed by atoms with van der Waals surface area (Å²) in [6, 6.07) is 10.2. The minimum Gasteiger partial charge on any atom is -0.297 e. The van der Waals surface area contributed by atoms with Crippen molar-refractivity contribution in [1.82, 2.24) is 14.6 Å². The van der Waals surface area contributed by atoms with Gasteiger partial charge in [0.25, 0.3) is 5.56 Å². The first kappa shape index (κ1) is 12.4. The van der Waals surface area contributed by atoms with Crippen molar-refractivity contribution in [2.75, 3.05) is 0 Å². The monoisotopic (exact) mass is 279 g/mol. The minimum absolute atomic E-state index is 0.0347. The Bertz CT molecular complexity index is 854. The zero-order valence-electron chi connectivity index (χ0n) is 12.0. The zero-order chi connectivity index (χ0) is 14.4. The Balaban J connectivity index is 1.85. The van der Waals surface area contributed by atoms with Crippen LogP contribution in [0.5, 0.6) is 0 Å². The van der Waals surface area contributed by atoms with Crippen LogP contribution in [0, 0.1) is 6.92 Å². The summed E-state index contributed by atoms with van der Waals surface area (Å²) in [4.78, 5) is 17.4. The molecule has 4 nitrogen and oxygen atoms in total. The quantitative estimate of drug-likeness (QED) is 0.801. The second-order valence-corrected chi connectivity index (χ2v) is 5.87. The summed E-state index contributed by atoms with van der Waals surface area (Å²) in [7, 11) is 0. The van der Waals surface area contributed by atoms with Crippen molar-refractivity contribution in [1.29, 1.82) is 0 Å². The van der Waals surface area contributed by atoms with Crippen molar-refractivity contribution in [3.8, 4) is 0 Å². The third-order valence-corrected chi connectivity index (χ3v) is 4.14. The summed E-state index contributed by atoms with van der Waals surface area (Å²) >= 11 is 0. The number of fused-ring (bicyclic) bond motifs is 1. The highest BCUT2D eigenvalue weighted by molar-refractivity contribution is 5.42. The number of benzene rings is 1. The van der Waals surface area contributed by atoms with Crippen LogP contribution in [0.4, 0.5) is 0 Å². The number of aryl methyl sites for hydroxylation is 1. The Morgan fingerprint density at radius 1 is 1.24 bits per heavy atom. The molecular formula is C17H17N3O. The van der Waals surface area contributed by atoms with Crippen LogP contribution >= 0.6 is 0 Å². The van der Waals surface area contributed by atoms with Crippen LogP contribution in [0.25, 0.3) is 5.65 Å². The lowest BCUT2D eigenvalue weighted by Crippen LogP contribution is -2.22. The average Bonchev–Trinajstić information content (AvgIpc) is 3.22. The van der Waals surface area contributed by atoms with E-state index in [9.17, 15) is 4.79 Å². The smallest absolute Gasteiger partial charge is 0.276 e. The standard InChI is InChI=1S/C17H17N3O/c1-11-2-4-12(5-3-11)10-14-16(13-6-7-13)19-15-8-9-18-20(15)17(14)21/h2-5,8-9,13,18H,6-7,10H2,1H3. The molecule has 0 amide bonds. The molecule has 4 rings (SSSR count). The van der Waals surface area contributed by atoms with Crippen molar-refractivity contribution in [3.63, 3.8) is 0 Å². The highest BCUT2D eigenvalue weighted by atomic mass is 16.1. The fourth-order valence-electron chi connectivity index (χ4n) is 2.78. The van der Waals surface area contributed by atoms with E-state index >= 15 is 0 Å². The van der Waals surface area contributed by atoms with Gasteiger partial charge in [-0.3, -0.25) is 9.89 Å². The van der Waals surface area contributed by atoms with Crippen LogP contribution in [0.2, 0.25) is 0 Å². The van der Waals surface area contributed by atoms with Gasteiger partial charge in [0.2, 0.25) is 0 Å². The summed E-state index contributed by atoms with van der Waals surface area (Å²) in [5, 5.41) is 2.95. The van der Waals surface area contributed by atoms with E-state index in [0.717, 1.165) is 35.3 Å². The third-order valence-electron chi connectivity index (χ3n) is 4.14. The maximum atomic E-state index is 12.7. The molecule has 106 valence electrons. The Labute approximate surface area is 122 Å². The maximum Gasteiger partial charge on any atom is 0.276 e. The number of nitrogens with zero attached hydrogens (tertiary/aromatic N) is 2. The van der Waals surface area contributed by atoms with E-state index in [-0.39, 0.29) is 5.56 Å². The van der Waals surface area contributed by atoms with E-state index < -0.39 is 0 Å². The second kappa shape index (κ2) is 4.58. The van der Waals surface area contributed by atoms with E-state index in [1.165, 1.54) is 10.1 Å². The summed E-state index contributed by atoms with van der Waals surface area (Å²) in [6.45, 7) is 2.07. The molecule has 3 aromatic rings. The van der Waals surface area contributed by atoms with E-state index in [4.69, 9.17) is 4.98 Å². The normalized spacial score (nSPS) is 14.7.